The molecule has 0 spiro atoms. The van der Waals surface area contributed by atoms with E-state index in [1.54, 1.807) is 0 Å². The van der Waals surface area contributed by atoms with E-state index in [4.69, 9.17) is 0 Å². The lowest BCUT2D eigenvalue weighted by atomic mass is 10.1. The van der Waals surface area contributed by atoms with Gasteiger partial charge < -0.3 is 5.32 Å². The summed E-state index contributed by atoms with van der Waals surface area (Å²) in [4.78, 5) is 0. The molecule has 0 aliphatic heterocycles. The van der Waals surface area contributed by atoms with Crippen LogP contribution in [0.2, 0.25) is 0 Å². The zero-order valence-electron chi connectivity index (χ0n) is 8.93. The van der Waals surface area contributed by atoms with Crippen LogP contribution in [0.25, 0.3) is 0 Å². The SMILES string of the molecule is CC#CCCNCc1ccc(C)cc1. The van der Waals surface area contributed by atoms with Gasteiger partial charge >= 0.3 is 0 Å². The van der Waals surface area contributed by atoms with E-state index in [2.05, 4.69) is 48.3 Å². The molecular formula is C13H17N. The smallest absolute Gasteiger partial charge is 0.0214 e. The van der Waals surface area contributed by atoms with Gasteiger partial charge in [0.2, 0.25) is 0 Å². The summed E-state index contributed by atoms with van der Waals surface area (Å²) in [6, 6.07) is 8.60. The Morgan fingerprint density at radius 3 is 2.57 bits per heavy atom. The molecule has 74 valence electrons. The first-order chi connectivity index (χ1) is 6.83. The average molecular weight is 187 g/mol. The Morgan fingerprint density at radius 2 is 1.93 bits per heavy atom. The van der Waals surface area contributed by atoms with Crippen molar-refractivity contribution >= 4 is 0 Å². The van der Waals surface area contributed by atoms with Gasteiger partial charge in [0.15, 0.2) is 0 Å². The molecule has 1 heteroatoms. The van der Waals surface area contributed by atoms with Gasteiger partial charge in [-0.2, -0.15) is 0 Å². The first kappa shape index (κ1) is 10.8. The molecule has 0 radical (unpaired) electrons. The van der Waals surface area contributed by atoms with E-state index in [9.17, 15) is 0 Å². The van der Waals surface area contributed by atoms with Gasteiger partial charge in [-0.05, 0) is 19.4 Å². The van der Waals surface area contributed by atoms with Crippen LogP contribution < -0.4 is 5.32 Å². The van der Waals surface area contributed by atoms with Crippen LogP contribution in [0.1, 0.15) is 24.5 Å². The molecule has 0 heterocycles. The number of hydrogen-bond acceptors (Lipinski definition) is 1. The first-order valence-electron chi connectivity index (χ1n) is 4.99. The number of nitrogens with one attached hydrogen (secondary N) is 1. The minimum absolute atomic E-state index is 0.933. The molecule has 1 nitrogen and oxygen atoms in total. The summed E-state index contributed by atoms with van der Waals surface area (Å²) < 4.78 is 0. The highest BCUT2D eigenvalue weighted by molar-refractivity contribution is 5.21. The second-order valence-corrected chi connectivity index (χ2v) is 3.34. The molecule has 0 bridgehead atoms. The Kier molecular flexibility index (Phi) is 4.82. The van der Waals surface area contributed by atoms with Crippen molar-refractivity contribution in [3.8, 4) is 11.8 Å². The fourth-order valence-electron chi connectivity index (χ4n) is 1.21. The van der Waals surface area contributed by atoms with Crippen LogP contribution in [0, 0.1) is 18.8 Å². The fraction of sp³-hybridized carbons (Fsp3) is 0.385. The van der Waals surface area contributed by atoms with Gasteiger partial charge in [-0.15, -0.1) is 11.8 Å². The van der Waals surface area contributed by atoms with E-state index < -0.39 is 0 Å². The van der Waals surface area contributed by atoms with Crippen molar-refractivity contribution in [3.05, 3.63) is 35.4 Å². The third-order valence-electron chi connectivity index (χ3n) is 2.05. The largest absolute Gasteiger partial charge is 0.312 e. The average Bonchev–Trinajstić information content (AvgIpc) is 2.21. The summed E-state index contributed by atoms with van der Waals surface area (Å²) in [5.74, 6) is 5.91. The zero-order chi connectivity index (χ0) is 10.2. The number of rotatable bonds is 4. The van der Waals surface area contributed by atoms with Crippen LogP contribution in [0.15, 0.2) is 24.3 Å². The van der Waals surface area contributed by atoms with Gasteiger partial charge in [-0.3, -0.25) is 0 Å². The van der Waals surface area contributed by atoms with Crippen LogP contribution >= 0.6 is 0 Å². The number of hydrogen-bond donors (Lipinski definition) is 1. The molecule has 1 rings (SSSR count). The predicted molar refractivity (Wildman–Crippen MR) is 61.0 cm³/mol. The normalized spacial score (nSPS) is 9.29. The van der Waals surface area contributed by atoms with E-state index in [0.29, 0.717) is 0 Å². The van der Waals surface area contributed by atoms with E-state index in [0.717, 1.165) is 19.5 Å². The van der Waals surface area contributed by atoms with Crippen LogP contribution in [-0.2, 0) is 6.54 Å². The van der Waals surface area contributed by atoms with Crippen molar-refractivity contribution in [1.82, 2.24) is 5.32 Å². The molecule has 0 aromatic heterocycles. The van der Waals surface area contributed by atoms with E-state index in [1.807, 2.05) is 6.92 Å². The Hall–Kier alpha value is -1.26. The summed E-state index contributed by atoms with van der Waals surface area (Å²) in [7, 11) is 0. The molecule has 0 saturated heterocycles. The topological polar surface area (TPSA) is 12.0 Å². The van der Waals surface area contributed by atoms with Crippen LogP contribution in [0.3, 0.4) is 0 Å². The Labute approximate surface area is 86.5 Å². The summed E-state index contributed by atoms with van der Waals surface area (Å²) in [5.41, 5.74) is 2.64. The van der Waals surface area contributed by atoms with Gasteiger partial charge in [0, 0.05) is 19.5 Å². The zero-order valence-corrected chi connectivity index (χ0v) is 8.93. The lowest BCUT2D eigenvalue weighted by Crippen LogP contribution is -2.13. The minimum atomic E-state index is 0.933. The molecular weight excluding hydrogens is 170 g/mol. The third kappa shape index (κ3) is 4.11. The monoisotopic (exact) mass is 187 g/mol. The summed E-state index contributed by atoms with van der Waals surface area (Å²) in [6.45, 7) is 5.88. The predicted octanol–water partition coefficient (Wildman–Crippen LogP) is 2.50. The van der Waals surface area contributed by atoms with Gasteiger partial charge in [0.25, 0.3) is 0 Å². The van der Waals surface area contributed by atoms with Crippen molar-refractivity contribution in [2.45, 2.75) is 26.8 Å². The van der Waals surface area contributed by atoms with Crippen molar-refractivity contribution in [3.63, 3.8) is 0 Å². The molecule has 1 N–H and O–H groups in total. The second kappa shape index (κ2) is 6.23. The highest BCUT2D eigenvalue weighted by Gasteiger charge is 1.90. The maximum Gasteiger partial charge on any atom is 0.0214 e. The molecule has 1 aromatic carbocycles. The van der Waals surface area contributed by atoms with Gasteiger partial charge in [0.05, 0.1) is 0 Å². The lowest BCUT2D eigenvalue weighted by Gasteiger charge is -2.02. The van der Waals surface area contributed by atoms with Crippen LogP contribution in [0.5, 0.6) is 0 Å². The van der Waals surface area contributed by atoms with Gasteiger partial charge in [-0.25, -0.2) is 0 Å². The van der Waals surface area contributed by atoms with Crippen molar-refractivity contribution in [2.75, 3.05) is 6.54 Å². The Balaban J connectivity index is 2.23. The maximum absolute atomic E-state index is 3.35. The molecule has 14 heavy (non-hydrogen) atoms. The molecule has 0 amide bonds. The Morgan fingerprint density at radius 1 is 1.21 bits per heavy atom. The van der Waals surface area contributed by atoms with Crippen molar-refractivity contribution in [2.24, 2.45) is 0 Å². The van der Waals surface area contributed by atoms with Gasteiger partial charge in [0.1, 0.15) is 0 Å². The number of benzene rings is 1. The molecule has 0 aliphatic carbocycles. The summed E-state index contributed by atoms with van der Waals surface area (Å²) in [6.07, 6.45) is 0.933. The van der Waals surface area contributed by atoms with E-state index >= 15 is 0 Å². The van der Waals surface area contributed by atoms with E-state index in [1.165, 1.54) is 11.1 Å². The van der Waals surface area contributed by atoms with Crippen molar-refractivity contribution in [1.29, 1.82) is 0 Å². The fourth-order valence-corrected chi connectivity index (χ4v) is 1.21. The van der Waals surface area contributed by atoms with Gasteiger partial charge in [-0.1, -0.05) is 29.8 Å². The maximum atomic E-state index is 3.35. The Bertz CT molecular complexity index is 313. The molecule has 0 unspecified atom stereocenters. The summed E-state index contributed by atoms with van der Waals surface area (Å²) >= 11 is 0. The highest BCUT2D eigenvalue weighted by Crippen LogP contribution is 2.02. The molecule has 0 saturated carbocycles. The second-order valence-electron chi connectivity index (χ2n) is 3.34. The molecule has 0 atom stereocenters. The summed E-state index contributed by atoms with van der Waals surface area (Å²) in [5, 5.41) is 3.35. The van der Waals surface area contributed by atoms with Crippen LogP contribution in [-0.4, -0.2) is 6.54 Å². The minimum Gasteiger partial charge on any atom is -0.312 e. The first-order valence-corrected chi connectivity index (χ1v) is 4.99. The van der Waals surface area contributed by atoms with E-state index in [-0.39, 0.29) is 0 Å². The van der Waals surface area contributed by atoms with Crippen molar-refractivity contribution < 1.29 is 0 Å². The standard InChI is InChI=1S/C13H17N/c1-3-4-5-10-14-11-13-8-6-12(2)7-9-13/h6-9,14H,5,10-11H2,1-2H3. The number of aryl methyl sites for hydroxylation is 1. The lowest BCUT2D eigenvalue weighted by molar-refractivity contribution is 0.701. The third-order valence-corrected chi connectivity index (χ3v) is 2.05. The highest BCUT2D eigenvalue weighted by atomic mass is 14.8. The molecule has 0 fully saturated rings. The van der Waals surface area contributed by atoms with Crippen LogP contribution in [0.4, 0.5) is 0 Å². The molecule has 1 aromatic rings. The molecule has 0 aliphatic rings. The quantitative estimate of drug-likeness (QED) is 0.564.